The third kappa shape index (κ3) is 2.62. The number of carbonyl (C=O) groups excluding carboxylic acids is 1. The fourth-order valence-corrected chi connectivity index (χ4v) is 3.85. The van der Waals surface area contributed by atoms with Gasteiger partial charge in [0.25, 0.3) is 0 Å². The van der Waals surface area contributed by atoms with Crippen molar-refractivity contribution in [2.45, 2.75) is 18.8 Å². The molecule has 3 aromatic rings. The number of hydrogen-bond acceptors (Lipinski definition) is 7. The number of methoxy groups -OCH3 is 1. The van der Waals surface area contributed by atoms with Gasteiger partial charge in [0.15, 0.2) is 5.82 Å². The lowest BCUT2D eigenvalue weighted by atomic mass is 9.96. The van der Waals surface area contributed by atoms with E-state index in [1.165, 1.54) is 18.6 Å². The highest BCUT2D eigenvalue weighted by Crippen LogP contribution is 2.33. The van der Waals surface area contributed by atoms with E-state index in [0.717, 1.165) is 47.8 Å². The van der Waals surface area contributed by atoms with Crippen LogP contribution in [0.15, 0.2) is 24.5 Å². The Bertz CT molecular complexity index is 866. The fourth-order valence-electron chi connectivity index (χ4n) is 3.10. The topological polar surface area (TPSA) is 84.0 Å². The average Bonchev–Trinajstić information content (AvgIpc) is 3.28. The Morgan fingerprint density at radius 1 is 1.38 bits per heavy atom. The maximum Gasteiger partial charge on any atom is 0.356 e. The molecule has 0 bridgehead atoms. The quantitative estimate of drug-likeness (QED) is 0.736. The van der Waals surface area contributed by atoms with Crippen molar-refractivity contribution in [1.29, 1.82) is 0 Å². The van der Waals surface area contributed by atoms with Crippen molar-refractivity contribution in [2.75, 3.05) is 25.1 Å². The molecule has 0 spiro atoms. The second kappa shape index (κ2) is 6.20. The lowest BCUT2D eigenvalue weighted by Gasteiger charge is -2.31. The van der Waals surface area contributed by atoms with Crippen molar-refractivity contribution in [1.82, 2.24) is 19.3 Å². The zero-order valence-electron chi connectivity index (χ0n) is 13.2. The van der Waals surface area contributed by atoms with E-state index in [0.29, 0.717) is 11.6 Å². The van der Waals surface area contributed by atoms with Crippen LogP contribution in [0.2, 0.25) is 0 Å². The standard InChI is InChI=1S/C16H17N5O2S/c1-23-16(22)11-9-18-14(19-11)10-4-7-21(8-5-10)15-13-12(24-20-15)3-2-6-17-13/h2-3,6,9-10H,4-5,7-8H2,1H3,(H,18,19). The number of esters is 1. The van der Waals surface area contributed by atoms with Gasteiger partial charge in [-0.3, -0.25) is 4.98 Å². The molecule has 1 aliphatic rings. The summed E-state index contributed by atoms with van der Waals surface area (Å²) in [7, 11) is 1.37. The molecule has 0 aromatic carbocycles. The zero-order valence-corrected chi connectivity index (χ0v) is 14.0. The van der Waals surface area contributed by atoms with Crippen molar-refractivity contribution >= 4 is 33.5 Å². The largest absolute Gasteiger partial charge is 0.464 e. The highest BCUT2D eigenvalue weighted by Gasteiger charge is 2.26. The van der Waals surface area contributed by atoms with Crippen LogP contribution in [-0.4, -0.2) is 45.5 Å². The maximum atomic E-state index is 11.5. The number of hydrogen-bond donors (Lipinski definition) is 1. The van der Waals surface area contributed by atoms with E-state index in [4.69, 9.17) is 4.74 Å². The summed E-state index contributed by atoms with van der Waals surface area (Å²) in [5.41, 5.74) is 1.39. The molecule has 1 N–H and O–H groups in total. The smallest absolute Gasteiger partial charge is 0.356 e. The van der Waals surface area contributed by atoms with Crippen molar-refractivity contribution in [3.05, 3.63) is 36.0 Å². The maximum absolute atomic E-state index is 11.5. The summed E-state index contributed by atoms with van der Waals surface area (Å²) in [5.74, 6) is 1.77. The van der Waals surface area contributed by atoms with Gasteiger partial charge in [0.1, 0.15) is 17.0 Å². The van der Waals surface area contributed by atoms with Crippen molar-refractivity contribution in [3.63, 3.8) is 0 Å². The van der Waals surface area contributed by atoms with Gasteiger partial charge in [0, 0.05) is 25.2 Å². The molecule has 1 fully saturated rings. The van der Waals surface area contributed by atoms with Crippen LogP contribution in [-0.2, 0) is 4.74 Å². The van der Waals surface area contributed by atoms with Crippen LogP contribution in [0, 0.1) is 0 Å². The van der Waals surface area contributed by atoms with Crippen LogP contribution in [0.25, 0.3) is 10.2 Å². The Labute approximate surface area is 142 Å². The summed E-state index contributed by atoms with van der Waals surface area (Å²) in [6.07, 6.45) is 5.27. The van der Waals surface area contributed by atoms with Gasteiger partial charge in [0.05, 0.1) is 18.0 Å². The van der Waals surface area contributed by atoms with E-state index in [1.807, 2.05) is 18.3 Å². The summed E-state index contributed by atoms with van der Waals surface area (Å²) in [6, 6.07) is 3.99. The van der Waals surface area contributed by atoms with Crippen molar-refractivity contribution in [3.8, 4) is 0 Å². The first-order valence-corrected chi connectivity index (χ1v) is 8.62. The molecule has 3 aromatic heterocycles. The first-order chi connectivity index (χ1) is 11.8. The van der Waals surface area contributed by atoms with E-state index in [1.54, 1.807) is 6.20 Å². The number of pyridine rings is 1. The van der Waals surface area contributed by atoms with Crippen LogP contribution >= 0.6 is 11.5 Å². The summed E-state index contributed by atoms with van der Waals surface area (Å²) in [4.78, 5) is 25.7. The fraction of sp³-hybridized carbons (Fsp3) is 0.375. The van der Waals surface area contributed by atoms with Crippen LogP contribution < -0.4 is 4.90 Å². The Kier molecular flexibility index (Phi) is 3.89. The number of ether oxygens (including phenoxy) is 1. The molecule has 0 atom stereocenters. The molecular weight excluding hydrogens is 326 g/mol. The predicted molar refractivity (Wildman–Crippen MR) is 91.5 cm³/mol. The molecule has 1 aliphatic heterocycles. The van der Waals surface area contributed by atoms with Gasteiger partial charge in [-0.05, 0) is 36.5 Å². The lowest BCUT2D eigenvalue weighted by Crippen LogP contribution is -2.33. The number of rotatable bonds is 3. The highest BCUT2D eigenvalue weighted by molar-refractivity contribution is 7.13. The number of H-pyrrole nitrogens is 1. The molecule has 0 radical (unpaired) electrons. The van der Waals surface area contributed by atoms with E-state index >= 15 is 0 Å². The number of nitrogens with one attached hydrogen (secondary N) is 1. The molecule has 0 unspecified atom stereocenters. The minimum atomic E-state index is -0.383. The van der Waals surface area contributed by atoms with Gasteiger partial charge in [-0.2, -0.15) is 4.37 Å². The van der Waals surface area contributed by atoms with Crippen LogP contribution in [0.4, 0.5) is 5.82 Å². The molecule has 0 amide bonds. The summed E-state index contributed by atoms with van der Waals surface area (Å²) in [5, 5.41) is 0. The number of piperidine rings is 1. The van der Waals surface area contributed by atoms with Crippen LogP contribution in [0.1, 0.15) is 35.1 Å². The first-order valence-electron chi connectivity index (χ1n) is 7.85. The molecule has 4 rings (SSSR count). The number of carbonyl (C=O) groups is 1. The Balaban J connectivity index is 1.47. The van der Waals surface area contributed by atoms with Gasteiger partial charge in [-0.15, -0.1) is 0 Å². The van der Waals surface area contributed by atoms with Crippen molar-refractivity contribution < 1.29 is 9.53 Å². The van der Waals surface area contributed by atoms with Gasteiger partial charge in [-0.1, -0.05) is 0 Å². The third-order valence-electron chi connectivity index (χ3n) is 4.39. The number of aromatic nitrogens is 4. The molecule has 7 nitrogen and oxygen atoms in total. The molecular formula is C16H17N5O2S. The Hall–Kier alpha value is -2.48. The van der Waals surface area contributed by atoms with Gasteiger partial charge in [-0.25, -0.2) is 9.78 Å². The number of aromatic amines is 1. The predicted octanol–water partition coefficient (Wildman–Crippen LogP) is 2.59. The number of imidazole rings is 1. The monoisotopic (exact) mass is 343 g/mol. The minimum Gasteiger partial charge on any atom is -0.464 e. The molecule has 124 valence electrons. The van der Waals surface area contributed by atoms with Crippen LogP contribution in [0.3, 0.4) is 0 Å². The molecule has 0 aliphatic carbocycles. The van der Waals surface area contributed by atoms with E-state index in [2.05, 4.69) is 24.2 Å². The third-order valence-corrected chi connectivity index (χ3v) is 5.19. The van der Waals surface area contributed by atoms with E-state index < -0.39 is 0 Å². The van der Waals surface area contributed by atoms with Crippen molar-refractivity contribution in [2.24, 2.45) is 0 Å². The number of fused-ring (bicyclic) bond motifs is 1. The van der Waals surface area contributed by atoms with Gasteiger partial charge < -0.3 is 14.6 Å². The van der Waals surface area contributed by atoms with E-state index in [9.17, 15) is 4.79 Å². The normalized spacial score (nSPS) is 15.8. The molecule has 1 saturated heterocycles. The Morgan fingerprint density at radius 3 is 3.00 bits per heavy atom. The number of anilines is 1. The summed E-state index contributed by atoms with van der Waals surface area (Å²) in [6.45, 7) is 1.79. The van der Waals surface area contributed by atoms with Crippen LogP contribution in [0.5, 0.6) is 0 Å². The SMILES string of the molecule is COC(=O)c1cnc(C2CCN(c3nsc4cccnc34)CC2)[nH]1. The lowest BCUT2D eigenvalue weighted by molar-refractivity contribution is 0.0594. The second-order valence-corrected chi connectivity index (χ2v) is 6.60. The molecule has 24 heavy (non-hydrogen) atoms. The molecule has 4 heterocycles. The first kappa shape index (κ1) is 15.1. The number of nitrogens with zero attached hydrogens (tertiary/aromatic N) is 4. The minimum absolute atomic E-state index is 0.317. The summed E-state index contributed by atoms with van der Waals surface area (Å²) >= 11 is 1.49. The highest BCUT2D eigenvalue weighted by atomic mass is 32.1. The van der Waals surface area contributed by atoms with Gasteiger partial charge >= 0.3 is 5.97 Å². The van der Waals surface area contributed by atoms with E-state index in [-0.39, 0.29) is 5.97 Å². The zero-order chi connectivity index (χ0) is 16.5. The second-order valence-electron chi connectivity index (χ2n) is 5.79. The molecule has 0 saturated carbocycles. The Morgan fingerprint density at radius 2 is 2.21 bits per heavy atom. The summed E-state index contributed by atoms with van der Waals surface area (Å²) < 4.78 is 10.4. The molecule has 8 heteroatoms. The average molecular weight is 343 g/mol. The van der Waals surface area contributed by atoms with Gasteiger partial charge in [0.2, 0.25) is 0 Å².